The molecule has 0 rings (SSSR count). The van der Waals surface area contributed by atoms with Crippen LogP contribution in [0.1, 0.15) is 34.1 Å². The summed E-state index contributed by atoms with van der Waals surface area (Å²) in [6.07, 6.45) is -9.51. The largest absolute Gasteiger partial charge is 0.480 e. The molecule has 0 bridgehead atoms. The molecule has 0 radical (unpaired) electrons. The third-order valence-electron chi connectivity index (χ3n) is 3.54. The maximum atomic E-state index is 14.0. The van der Waals surface area contributed by atoms with Crippen molar-refractivity contribution in [2.45, 2.75) is 63.7 Å². The number of carboxylic acids is 1. The number of rotatable bonds is 14. The fourth-order valence-corrected chi connectivity index (χ4v) is 1.37. The number of halogens is 7. The highest BCUT2D eigenvalue weighted by Gasteiger charge is 2.56. The molecule has 0 fully saturated rings. The van der Waals surface area contributed by atoms with Crippen LogP contribution in [0.5, 0.6) is 0 Å². The van der Waals surface area contributed by atoms with Crippen LogP contribution in [0.3, 0.4) is 0 Å². The number of hydrogen-bond donors (Lipinski definition) is 1. The first-order chi connectivity index (χ1) is 12.4. The molecular weight excluding hydrogens is 409 g/mol. The SMILES string of the molecule is CCC(C)(F)COC(C)(F)C(F)(F)OCCOC(C)(F)C(F)(F)OCC(=O)O. The van der Waals surface area contributed by atoms with Gasteiger partial charge in [0.2, 0.25) is 0 Å². The minimum atomic E-state index is -4.72. The van der Waals surface area contributed by atoms with Gasteiger partial charge in [0.25, 0.3) is 11.7 Å². The van der Waals surface area contributed by atoms with E-state index in [4.69, 9.17) is 5.11 Å². The van der Waals surface area contributed by atoms with E-state index in [2.05, 4.69) is 18.9 Å². The zero-order valence-electron chi connectivity index (χ0n) is 15.7. The molecule has 1 N–H and O–H groups in total. The molecule has 13 heteroatoms. The minimum Gasteiger partial charge on any atom is -0.480 e. The average Bonchev–Trinajstić information content (AvgIpc) is 2.55. The topological polar surface area (TPSA) is 74.2 Å². The summed E-state index contributed by atoms with van der Waals surface area (Å²) in [4.78, 5) is 10.2. The predicted octanol–water partition coefficient (Wildman–Crippen LogP) is 3.83. The van der Waals surface area contributed by atoms with Gasteiger partial charge in [0.1, 0.15) is 5.67 Å². The normalized spacial score (nSPS) is 19.5. The van der Waals surface area contributed by atoms with Crippen molar-refractivity contribution < 1.29 is 59.6 Å². The van der Waals surface area contributed by atoms with E-state index in [9.17, 15) is 35.5 Å². The van der Waals surface area contributed by atoms with Crippen molar-refractivity contribution in [3.63, 3.8) is 0 Å². The highest BCUT2D eigenvalue weighted by molar-refractivity contribution is 5.68. The zero-order chi connectivity index (χ0) is 22.4. The van der Waals surface area contributed by atoms with Gasteiger partial charge in [0.05, 0.1) is 19.8 Å². The quantitative estimate of drug-likeness (QED) is 0.332. The van der Waals surface area contributed by atoms with Gasteiger partial charge in [-0.2, -0.15) is 17.6 Å². The lowest BCUT2D eigenvalue weighted by atomic mass is 10.1. The van der Waals surface area contributed by atoms with Gasteiger partial charge in [-0.05, 0) is 13.3 Å². The summed E-state index contributed by atoms with van der Waals surface area (Å²) in [6.45, 7) is -2.20. The molecule has 0 aromatic rings. The van der Waals surface area contributed by atoms with Crippen molar-refractivity contribution in [3.8, 4) is 0 Å². The molecule has 0 saturated carbocycles. The zero-order valence-corrected chi connectivity index (χ0v) is 15.7. The van der Waals surface area contributed by atoms with Crippen molar-refractivity contribution in [1.29, 1.82) is 0 Å². The summed E-state index contributed by atoms with van der Waals surface area (Å²) in [5.41, 5.74) is -2.08. The molecule has 0 saturated heterocycles. The Morgan fingerprint density at radius 3 is 1.68 bits per heavy atom. The van der Waals surface area contributed by atoms with E-state index in [1.54, 1.807) is 0 Å². The lowest BCUT2D eigenvalue weighted by molar-refractivity contribution is -0.394. The standard InChI is InChI=1S/C15H23F7O6/c1-5-11(2,16)9-28-13(4,18)14(19,20)26-7-6-25-12(3,17)15(21,22)27-8-10(23)24/h5-9H2,1-4H3,(H,23,24). The predicted molar refractivity (Wildman–Crippen MR) is 80.2 cm³/mol. The molecule has 0 aliphatic rings. The van der Waals surface area contributed by atoms with E-state index in [-0.39, 0.29) is 20.3 Å². The molecule has 0 amide bonds. The first-order valence-corrected chi connectivity index (χ1v) is 7.99. The van der Waals surface area contributed by atoms with E-state index in [1.165, 1.54) is 6.92 Å². The van der Waals surface area contributed by atoms with Crippen molar-refractivity contribution in [2.24, 2.45) is 0 Å². The smallest absolute Gasteiger partial charge is 0.414 e. The fraction of sp³-hybridized carbons (Fsp3) is 0.933. The first kappa shape index (κ1) is 26.8. The molecular formula is C15H23F7O6. The average molecular weight is 432 g/mol. The van der Waals surface area contributed by atoms with Gasteiger partial charge in [0.15, 0.2) is 6.61 Å². The van der Waals surface area contributed by atoms with E-state index in [0.29, 0.717) is 0 Å². The maximum Gasteiger partial charge on any atom is 0.414 e. The molecule has 168 valence electrons. The lowest BCUT2D eigenvalue weighted by Crippen LogP contribution is -2.49. The Morgan fingerprint density at radius 1 is 0.786 bits per heavy atom. The summed E-state index contributed by atoms with van der Waals surface area (Å²) in [6, 6.07) is 0. The molecule has 28 heavy (non-hydrogen) atoms. The molecule has 0 heterocycles. The molecule has 0 aromatic heterocycles. The van der Waals surface area contributed by atoms with Crippen molar-refractivity contribution in [1.82, 2.24) is 0 Å². The molecule has 0 spiro atoms. The third-order valence-corrected chi connectivity index (χ3v) is 3.54. The summed E-state index contributed by atoms with van der Waals surface area (Å²) in [7, 11) is 0. The van der Waals surface area contributed by atoms with Crippen molar-refractivity contribution in [2.75, 3.05) is 26.4 Å². The Hall–Kier alpha value is -1.18. The molecule has 3 atom stereocenters. The van der Waals surface area contributed by atoms with Gasteiger partial charge in [-0.15, -0.1) is 0 Å². The number of hydrogen-bond acceptors (Lipinski definition) is 5. The van der Waals surface area contributed by atoms with Gasteiger partial charge < -0.3 is 24.1 Å². The monoisotopic (exact) mass is 432 g/mol. The number of carboxylic acid groups (broad SMARTS) is 1. The van der Waals surface area contributed by atoms with Crippen LogP contribution in [-0.2, 0) is 23.7 Å². The van der Waals surface area contributed by atoms with Crippen LogP contribution in [0.15, 0.2) is 0 Å². The van der Waals surface area contributed by atoms with Crippen LogP contribution >= 0.6 is 0 Å². The molecule has 0 aliphatic carbocycles. The second-order valence-electron chi connectivity index (χ2n) is 6.30. The van der Waals surface area contributed by atoms with Crippen LogP contribution in [0.2, 0.25) is 0 Å². The Kier molecular flexibility index (Phi) is 9.14. The number of ether oxygens (including phenoxy) is 4. The Labute approximate surface area is 156 Å². The summed E-state index contributed by atoms with van der Waals surface area (Å²) in [5, 5.41) is 8.24. The molecule has 6 nitrogen and oxygen atoms in total. The number of carbonyl (C=O) groups is 1. The van der Waals surface area contributed by atoms with Crippen molar-refractivity contribution >= 4 is 5.97 Å². The first-order valence-electron chi connectivity index (χ1n) is 7.99. The third kappa shape index (κ3) is 8.05. The lowest BCUT2D eigenvalue weighted by Gasteiger charge is -2.32. The Balaban J connectivity index is 4.65. The van der Waals surface area contributed by atoms with Crippen LogP contribution in [0.25, 0.3) is 0 Å². The summed E-state index contributed by atoms with van der Waals surface area (Å²) >= 11 is 0. The van der Waals surface area contributed by atoms with Crippen molar-refractivity contribution in [3.05, 3.63) is 0 Å². The molecule has 0 aromatic carbocycles. The summed E-state index contributed by atoms with van der Waals surface area (Å²) in [5.74, 6) is -9.48. The number of alkyl halides is 7. The molecule has 3 unspecified atom stereocenters. The second-order valence-corrected chi connectivity index (χ2v) is 6.30. The van der Waals surface area contributed by atoms with E-state index >= 15 is 0 Å². The maximum absolute atomic E-state index is 14.0. The highest BCUT2D eigenvalue weighted by atomic mass is 19.3. The van der Waals surface area contributed by atoms with Gasteiger partial charge in [-0.3, -0.25) is 0 Å². The van der Waals surface area contributed by atoms with E-state index in [1.807, 2.05) is 0 Å². The van der Waals surface area contributed by atoms with Crippen LogP contribution in [0.4, 0.5) is 30.7 Å². The van der Waals surface area contributed by atoms with Gasteiger partial charge in [-0.25, -0.2) is 18.0 Å². The summed E-state index contributed by atoms with van der Waals surface area (Å²) < 4.78 is 111. The Morgan fingerprint density at radius 2 is 1.21 bits per heavy atom. The van der Waals surface area contributed by atoms with Gasteiger partial charge in [0, 0.05) is 13.8 Å². The van der Waals surface area contributed by atoms with E-state index in [0.717, 1.165) is 6.92 Å². The van der Waals surface area contributed by atoms with Crippen LogP contribution in [-0.4, -0.2) is 67.1 Å². The van der Waals surface area contributed by atoms with Crippen LogP contribution < -0.4 is 0 Å². The van der Waals surface area contributed by atoms with Gasteiger partial charge in [-0.1, -0.05) is 6.92 Å². The number of aliphatic carboxylic acids is 1. The second kappa shape index (κ2) is 9.55. The van der Waals surface area contributed by atoms with Gasteiger partial charge >= 0.3 is 18.2 Å². The van der Waals surface area contributed by atoms with E-state index < -0.39 is 62.0 Å². The Bertz CT molecular complexity index is 511. The highest BCUT2D eigenvalue weighted by Crippen LogP contribution is 2.37. The minimum absolute atomic E-state index is 0.142. The fourth-order valence-electron chi connectivity index (χ4n) is 1.37. The van der Waals surface area contributed by atoms with Crippen LogP contribution in [0, 0.1) is 0 Å². The molecule has 0 aliphatic heterocycles.